The predicted molar refractivity (Wildman–Crippen MR) is 100 cm³/mol. The van der Waals surface area contributed by atoms with E-state index in [1.54, 1.807) is 29.4 Å². The van der Waals surface area contributed by atoms with Gasteiger partial charge in [0.05, 0.1) is 16.3 Å². The van der Waals surface area contributed by atoms with Crippen LogP contribution < -0.4 is 0 Å². The molecule has 0 saturated heterocycles. The van der Waals surface area contributed by atoms with Gasteiger partial charge in [-0.25, -0.2) is 4.98 Å². The van der Waals surface area contributed by atoms with Gasteiger partial charge in [-0.1, -0.05) is 36.0 Å². The van der Waals surface area contributed by atoms with E-state index in [0.29, 0.717) is 11.6 Å². The summed E-state index contributed by atoms with van der Waals surface area (Å²) in [5.74, 6) is 2.21. The third-order valence-corrected chi connectivity index (χ3v) is 5.67. The zero-order valence-electron chi connectivity index (χ0n) is 13.8. The van der Waals surface area contributed by atoms with Crippen LogP contribution >= 0.6 is 23.1 Å². The fraction of sp³-hybridized carbons (Fsp3) is 0.167. The van der Waals surface area contributed by atoms with Crippen molar-refractivity contribution < 1.29 is 4.42 Å². The van der Waals surface area contributed by atoms with Crippen LogP contribution in [0.15, 0.2) is 57.7 Å². The van der Waals surface area contributed by atoms with Crippen LogP contribution in [0.25, 0.3) is 16.5 Å². The van der Waals surface area contributed by atoms with Crippen molar-refractivity contribution in [3.63, 3.8) is 0 Å². The molecular weight excluding hydrogens is 352 g/mol. The molecule has 4 aromatic rings. The highest BCUT2D eigenvalue weighted by molar-refractivity contribution is 7.98. The number of thioether (sulfide) groups is 1. The second kappa shape index (κ2) is 6.85. The van der Waals surface area contributed by atoms with E-state index in [1.807, 2.05) is 41.1 Å². The summed E-state index contributed by atoms with van der Waals surface area (Å²) in [5, 5.41) is 11.2. The van der Waals surface area contributed by atoms with Crippen LogP contribution in [-0.4, -0.2) is 19.7 Å². The first-order valence-corrected chi connectivity index (χ1v) is 9.68. The van der Waals surface area contributed by atoms with Crippen molar-refractivity contribution in [3.05, 3.63) is 65.1 Å². The number of para-hydroxylation sites is 1. The van der Waals surface area contributed by atoms with Gasteiger partial charge in [-0.2, -0.15) is 0 Å². The predicted octanol–water partition coefficient (Wildman–Crippen LogP) is 4.89. The molecule has 0 aliphatic heterocycles. The summed E-state index contributed by atoms with van der Waals surface area (Å²) in [6, 6.07) is 12.2. The Morgan fingerprint density at radius 2 is 2.04 bits per heavy atom. The molecule has 0 aliphatic rings. The van der Waals surface area contributed by atoms with Crippen LogP contribution in [-0.2, 0) is 5.75 Å². The third kappa shape index (κ3) is 3.25. The Hall–Kier alpha value is -2.38. The Kier molecular flexibility index (Phi) is 4.42. The van der Waals surface area contributed by atoms with E-state index >= 15 is 0 Å². The number of benzene rings is 1. The van der Waals surface area contributed by atoms with Crippen LogP contribution in [0.5, 0.6) is 0 Å². The molecule has 0 N–H and O–H groups in total. The molecule has 126 valence electrons. The lowest BCUT2D eigenvalue weighted by Crippen LogP contribution is -1.98. The van der Waals surface area contributed by atoms with Crippen LogP contribution in [0.3, 0.4) is 0 Å². The standard InChI is InChI=1S/C18H16N4OS2/c1-12-6-3-4-7-15(12)22-11-19-21-18(22)25-10-14-13(2)23-17(20-14)16-8-5-9-24-16/h3-9,11H,10H2,1-2H3. The molecule has 0 radical (unpaired) electrons. The van der Waals surface area contributed by atoms with E-state index in [1.165, 1.54) is 5.56 Å². The Bertz CT molecular complexity index is 988. The molecule has 1 aromatic carbocycles. The highest BCUT2D eigenvalue weighted by Crippen LogP contribution is 2.30. The van der Waals surface area contributed by atoms with E-state index in [2.05, 4.69) is 34.2 Å². The minimum absolute atomic E-state index is 0.684. The van der Waals surface area contributed by atoms with Crippen molar-refractivity contribution in [1.29, 1.82) is 0 Å². The fourth-order valence-corrected chi connectivity index (χ4v) is 4.09. The van der Waals surface area contributed by atoms with E-state index in [9.17, 15) is 0 Å². The second-order valence-electron chi connectivity index (χ2n) is 5.56. The lowest BCUT2D eigenvalue weighted by Gasteiger charge is -2.08. The monoisotopic (exact) mass is 368 g/mol. The van der Waals surface area contributed by atoms with Crippen molar-refractivity contribution >= 4 is 23.1 Å². The van der Waals surface area contributed by atoms with Gasteiger partial charge in [0.15, 0.2) is 5.16 Å². The Morgan fingerprint density at radius 1 is 1.16 bits per heavy atom. The van der Waals surface area contributed by atoms with E-state index < -0.39 is 0 Å². The van der Waals surface area contributed by atoms with Gasteiger partial charge in [0.25, 0.3) is 0 Å². The van der Waals surface area contributed by atoms with Crippen LogP contribution in [0.4, 0.5) is 0 Å². The molecule has 0 atom stereocenters. The lowest BCUT2D eigenvalue weighted by molar-refractivity contribution is 0.542. The largest absolute Gasteiger partial charge is 0.440 e. The van der Waals surface area contributed by atoms with Crippen molar-refractivity contribution in [2.45, 2.75) is 24.8 Å². The quantitative estimate of drug-likeness (QED) is 0.469. The summed E-state index contributed by atoms with van der Waals surface area (Å²) in [7, 11) is 0. The van der Waals surface area contributed by atoms with Crippen molar-refractivity contribution in [3.8, 4) is 16.5 Å². The highest BCUT2D eigenvalue weighted by atomic mass is 32.2. The molecule has 4 rings (SSSR count). The number of hydrogen-bond acceptors (Lipinski definition) is 6. The number of thiophene rings is 1. The first-order valence-electron chi connectivity index (χ1n) is 7.81. The smallest absolute Gasteiger partial charge is 0.236 e. The van der Waals surface area contributed by atoms with Gasteiger partial charge in [0.1, 0.15) is 12.1 Å². The maximum absolute atomic E-state index is 5.81. The van der Waals surface area contributed by atoms with Gasteiger partial charge >= 0.3 is 0 Å². The SMILES string of the molecule is Cc1ccccc1-n1cnnc1SCc1nc(-c2cccs2)oc1C. The molecule has 5 nitrogen and oxygen atoms in total. The minimum atomic E-state index is 0.684. The van der Waals surface area contributed by atoms with Crippen molar-refractivity contribution in [2.24, 2.45) is 0 Å². The molecule has 0 fully saturated rings. The van der Waals surface area contributed by atoms with Gasteiger partial charge in [0, 0.05) is 5.75 Å². The molecule has 0 spiro atoms. The summed E-state index contributed by atoms with van der Waals surface area (Å²) in [5.41, 5.74) is 3.21. The van der Waals surface area contributed by atoms with Crippen LogP contribution in [0.2, 0.25) is 0 Å². The van der Waals surface area contributed by atoms with Gasteiger partial charge in [0.2, 0.25) is 5.89 Å². The zero-order chi connectivity index (χ0) is 17.2. The van der Waals surface area contributed by atoms with Crippen LogP contribution in [0.1, 0.15) is 17.0 Å². The van der Waals surface area contributed by atoms with Crippen molar-refractivity contribution in [2.75, 3.05) is 0 Å². The molecular formula is C18H16N4OS2. The highest BCUT2D eigenvalue weighted by Gasteiger charge is 2.15. The number of rotatable bonds is 5. The summed E-state index contributed by atoms with van der Waals surface area (Å²) >= 11 is 3.23. The van der Waals surface area contributed by atoms with Gasteiger partial charge in [-0.15, -0.1) is 21.5 Å². The van der Waals surface area contributed by atoms with Crippen LogP contribution in [0, 0.1) is 13.8 Å². The Balaban J connectivity index is 1.55. The van der Waals surface area contributed by atoms with E-state index in [-0.39, 0.29) is 0 Å². The third-order valence-electron chi connectivity index (χ3n) is 3.85. The first kappa shape index (κ1) is 16.1. The molecule has 3 heterocycles. The van der Waals surface area contributed by atoms with E-state index in [4.69, 9.17) is 4.42 Å². The zero-order valence-corrected chi connectivity index (χ0v) is 15.5. The average Bonchev–Trinajstić information content (AvgIpc) is 3.34. The topological polar surface area (TPSA) is 56.7 Å². The molecule has 7 heteroatoms. The summed E-state index contributed by atoms with van der Waals surface area (Å²) in [6.07, 6.45) is 1.75. The normalized spacial score (nSPS) is 11.1. The molecule has 25 heavy (non-hydrogen) atoms. The van der Waals surface area contributed by atoms with Crippen molar-refractivity contribution in [1.82, 2.24) is 19.7 Å². The average molecular weight is 368 g/mol. The van der Waals surface area contributed by atoms with Gasteiger partial charge in [-0.3, -0.25) is 4.57 Å². The van der Waals surface area contributed by atoms with Gasteiger partial charge in [-0.05, 0) is 36.9 Å². The maximum Gasteiger partial charge on any atom is 0.236 e. The Labute approximate surface area is 153 Å². The minimum Gasteiger partial charge on any atom is -0.440 e. The number of oxazole rings is 1. The lowest BCUT2D eigenvalue weighted by atomic mass is 10.2. The number of aryl methyl sites for hydroxylation is 2. The molecule has 0 bridgehead atoms. The molecule has 0 aliphatic carbocycles. The summed E-state index contributed by atoms with van der Waals surface area (Å²) in [6.45, 7) is 4.03. The molecule has 0 saturated carbocycles. The molecule has 0 unspecified atom stereocenters. The number of hydrogen-bond donors (Lipinski definition) is 0. The number of nitrogens with zero attached hydrogens (tertiary/aromatic N) is 4. The number of aromatic nitrogens is 4. The van der Waals surface area contributed by atoms with E-state index in [0.717, 1.165) is 27.2 Å². The summed E-state index contributed by atoms with van der Waals surface area (Å²) < 4.78 is 7.82. The van der Waals surface area contributed by atoms with Gasteiger partial charge < -0.3 is 4.42 Å². The summed E-state index contributed by atoms with van der Waals surface area (Å²) in [4.78, 5) is 5.68. The molecule has 3 aromatic heterocycles. The fourth-order valence-electron chi connectivity index (χ4n) is 2.52. The Morgan fingerprint density at radius 3 is 2.84 bits per heavy atom. The maximum atomic E-state index is 5.81. The molecule has 0 amide bonds. The second-order valence-corrected chi connectivity index (χ2v) is 7.45. The first-order chi connectivity index (χ1) is 12.2.